The molecule has 1 atom stereocenters. The molecular weight excluding hydrogens is 202 g/mol. The average Bonchev–Trinajstić information content (AvgIpc) is 2.18. The molecule has 0 saturated carbocycles. The van der Waals surface area contributed by atoms with Gasteiger partial charge in [0.2, 0.25) is 0 Å². The maximum absolute atomic E-state index is 11.3. The molecule has 0 aliphatic rings. The van der Waals surface area contributed by atoms with Gasteiger partial charge in [0.1, 0.15) is 5.75 Å². The SMILES string of the molecule is N#CCS(=O)c1cccc(C(=O)O)c1. The van der Waals surface area contributed by atoms with E-state index in [4.69, 9.17) is 10.4 Å². The maximum atomic E-state index is 11.3. The van der Waals surface area contributed by atoms with Crippen LogP contribution in [0.4, 0.5) is 0 Å². The summed E-state index contributed by atoms with van der Waals surface area (Å²) in [5, 5.41) is 17.0. The van der Waals surface area contributed by atoms with Crippen LogP contribution in [0.1, 0.15) is 10.4 Å². The van der Waals surface area contributed by atoms with Gasteiger partial charge >= 0.3 is 5.97 Å². The molecule has 0 spiro atoms. The molecule has 0 bridgehead atoms. The van der Waals surface area contributed by atoms with Crippen molar-refractivity contribution in [2.75, 3.05) is 5.75 Å². The minimum atomic E-state index is -1.43. The van der Waals surface area contributed by atoms with Crippen LogP contribution in [0.25, 0.3) is 0 Å². The first-order chi connectivity index (χ1) is 6.65. The third kappa shape index (κ3) is 2.41. The lowest BCUT2D eigenvalue weighted by molar-refractivity contribution is 0.0696. The van der Waals surface area contributed by atoms with Gasteiger partial charge in [-0.2, -0.15) is 5.26 Å². The highest BCUT2D eigenvalue weighted by Gasteiger charge is 2.07. The van der Waals surface area contributed by atoms with E-state index in [-0.39, 0.29) is 11.3 Å². The first-order valence-corrected chi connectivity index (χ1v) is 5.05. The van der Waals surface area contributed by atoms with Crippen molar-refractivity contribution in [3.63, 3.8) is 0 Å². The third-order valence-electron chi connectivity index (χ3n) is 1.54. The molecule has 0 saturated heterocycles. The Morgan fingerprint density at radius 1 is 1.57 bits per heavy atom. The Kier molecular flexibility index (Phi) is 3.37. The van der Waals surface area contributed by atoms with Crippen LogP contribution in [0.2, 0.25) is 0 Å². The zero-order valence-corrected chi connectivity index (χ0v) is 7.95. The molecule has 72 valence electrons. The number of carboxylic acids is 1. The van der Waals surface area contributed by atoms with E-state index in [1.165, 1.54) is 18.2 Å². The minimum Gasteiger partial charge on any atom is -0.478 e. The van der Waals surface area contributed by atoms with E-state index >= 15 is 0 Å². The van der Waals surface area contributed by atoms with Gasteiger partial charge in [-0.15, -0.1) is 0 Å². The zero-order valence-electron chi connectivity index (χ0n) is 7.14. The molecule has 1 unspecified atom stereocenters. The Labute approximate surface area is 83.2 Å². The van der Waals surface area contributed by atoms with Gasteiger partial charge in [0.05, 0.1) is 22.4 Å². The van der Waals surface area contributed by atoms with Gasteiger partial charge in [-0.1, -0.05) is 6.07 Å². The highest BCUT2D eigenvalue weighted by atomic mass is 32.2. The summed E-state index contributed by atoms with van der Waals surface area (Å²) in [6.07, 6.45) is 0. The van der Waals surface area contributed by atoms with Gasteiger partial charge in [-0.25, -0.2) is 4.79 Å². The third-order valence-corrected chi connectivity index (χ3v) is 2.71. The summed E-state index contributed by atoms with van der Waals surface area (Å²) in [5.41, 5.74) is 0.0776. The van der Waals surface area contributed by atoms with E-state index in [1.807, 2.05) is 0 Å². The molecule has 4 nitrogen and oxygen atoms in total. The van der Waals surface area contributed by atoms with Crippen molar-refractivity contribution >= 4 is 16.8 Å². The molecule has 0 aromatic heterocycles. The van der Waals surface area contributed by atoms with Gasteiger partial charge < -0.3 is 5.11 Å². The van der Waals surface area contributed by atoms with Crippen molar-refractivity contribution < 1.29 is 14.1 Å². The Hall–Kier alpha value is -1.67. The molecule has 0 amide bonds. The predicted molar refractivity (Wildman–Crippen MR) is 50.3 cm³/mol. The van der Waals surface area contributed by atoms with Crippen molar-refractivity contribution in [2.24, 2.45) is 0 Å². The Morgan fingerprint density at radius 2 is 2.29 bits per heavy atom. The van der Waals surface area contributed by atoms with Gasteiger partial charge in [-0.05, 0) is 18.2 Å². The Morgan fingerprint density at radius 3 is 2.86 bits per heavy atom. The van der Waals surface area contributed by atoms with Crippen LogP contribution in [0.15, 0.2) is 29.2 Å². The molecule has 0 fully saturated rings. The average molecular weight is 209 g/mol. The van der Waals surface area contributed by atoms with Crippen molar-refractivity contribution in [2.45, 2.75) is 4.90 Å². The lowest BCUT2D eigenvalue weighted by Gasteiger charge is -1.98. The second-order valence-corrected chi connectivity index (χ2v) is 3.93. The lowest BCUT2D eigenvalue weighted by Crippen LogP contribution is -2.00. The molecule has 0 aliphatic heterocycles. The Balaban J connectivity index is 3.01. The van der Waals surface area contributed by atoms with E-state index < -0.39 is 16.8 Å². The van der Waals surface area contributed by atoms with Gasteiger partial charge in [-0.3, -0.25) is 4.21 Å². The fraction of sp³-hybridized carbons (Fsp3) is 0.111. The number of hydrogen-bond donors (Lipinski definition) is 1. The number of hydrogen-bond acceptors (Lipinski definition) is 3. The van der Waals surface area contributed by atoms with Crippen LogP contribution < -0.4 is 0 Å². The number of aromatic carboxylic acids is 1. The fourth-order valence-corrected chi connectivity index (χ4v) is 1.69. The zero-order chi connectivity index (χ0) is 10.6. The summed E-state index contributed by atoms with van der Waals surface area (Å²) in [4.78, 5) is 10.9. The molecule has 5 heteroatoms. The van der Waals surface area contributed by atoms with E-state index in [1.54, 1.807) is 12.1 Å². The summed E-state index contributed by atoms with van der Waals surface area (Å²) >= 11 is 0. The monoisotopic (exact) mass is 209 g/mol. The van der Waals surface area contributed by atoms with E-state index in [9.17, 15) is 9.00 Å². The number of nitrogens with zero attached hydrogens (tertiary/aromatic N) is 1. The van der Waals surface area contributed by atoms with E-state index in [0.29, 0.717) is 4.90 Å². The van der Waals surface area contributed by atoms with Crippen LogP contribution in [0.5, 0.6) is 0 Å². The second kappa shape index (κ2) is 4.53. The van der Waals surface area contributed by atoms with Crippen molar-refractivity contribution in [3.8, 4) is 6.07 Å². The summed E-state index contributed by atoms with van der Waals surface area (Å²) in [7, 11) is -1.43. The minimum absolute atomic E-state index is 0.0776. The summed E-state index contributed by atoms with van der Waals surface area (Å²) in [5.74, 6) is -1.19. The van der Waals surface area contributed by atoms with Crippen molar-refractivity contribution in [1.82, 2.24) is 0 Å². The lowest BCUT2D eigenvalue weighted by atomic mass is 10.2. The van der Waals surface area contributed by atoms with Crippen LogP contribution in [0, 0.1) is 11.3 Å². The molecule has 1 aromatic carbocycles. The fourth-order valence-electron chi connectivity index (χ4n) is 0.913. The number of carbonyl (C=O) groups is 1. The number of benzene rings is 1. The number of nitriles is 1. The number of rotatable bonds is 3. The first kappa shape index (κ1) is 10.4. The number of carboxylic acid groups (broad SMARTS) is 1. The molecule has 0 aliphatic carbocycles. The Bertz CT molecular complexity index is 422. The molecule has 0 radical (unpaired) electrons. The van der Waals surface area contributed by atoms with Crippen molar-refractivity contribution in [1.29, 1.82) is 5.26 Å². The molecule has 0 heterocycles. The predicted octanol–water partition coefficient (Wildman–Crippen LogP) is 1.02. The largest absolute Gasteiger partial charge is 0.478 e. The summed E-state index contributed by atoms with van der Waals surface area (Å²) in [6.45, 7) is 0. The van der Waals surface area contributed by atoms with Crippen LogP contribution in [0.3, 0.4) is 0 Å². The normalized spacial score (nSPS) is 11.6. The highest BCUT2D eigenvalue weighted by molar-refractivity contribution is 7.85. The smallest absolute Gasteiger partial charge is 0.335 e. The summed E-state index contributed by atoms with van der Waals surface area (Å²) < 4.78 is 11.3. The summed E-state index contributed by atoms with van der Waals surface area (Å²) in [6, 6.07) is 7.54. The van der Waals surface area contributed by atoms with Crippen LogP contribution >= 0.6 is 0 Å². The van der Waals surface area contributed by atoms with Gasteiger partial charge in [0, 0.05) is 4.90 Å². The highest BCUT2D eigenvalue weighted by Crippen LogP contribution is 2.09. The molecular formula is C9H7NO3S. The van der Waals surface area contributed by atoms with Crippen LogP contribution in [-0.2, 0) is 10.8 Å². The molecule has 1 aromatic rings. The van der Waals surface area contributed by atoms with Gasteiger partial charge in [0.25, 0.3) is 0 Å². The molecule has 1 N–H and O–H groups in total. The van der Waals surface area contributed by atoms with Crippen LogP contribution in [-0.4, -0.2) is 21.0 Å². The van der Waals surface area contributed by atoms with E-state index in [0.717, 1.165) is 0 Å². The first-order valence-electron chi connectivity index (χ1n) is 3.74. The standard InChI is InChI=1S/C9H7NO3S/c10-4-5-14(13)8-3-1-2-7(6-8)9(11)12/h1-3,6H,5H2,(H,11,12). The quantitative estimate of drug-likeness (QED) is 0.806. The van der Waals surface area contributed by atoms with Crippen molar-refractivity contribution in [3.05, 3.63) is 29.8 Å². The topological polar surface area (TPSA) is 78.2 Å². The molecule has 1 rings (SSSR count). The second-order valence-electron chi connectivity index (χ2n) is 2.48. The molecule has 14 heavy (non-hydrogen) atoms. The maximum Gasteiger partial charge on any atom is 0.335 e. The van der Waals surface area contributed by atoms with E-state index in [2.05, 4.69) is 0 Å². The van der Waals surface area contributed by atoms with Gasteiger partial charge in [0.15, 0.2) is 0 Å².